The number of aromatic nitrogens is 2. The van der Waals surface area contributed by atoms with Crippen molar-refractivity contribution in [1.29, 1.82) is 0 Å². The molecule has 96 valence electrons. The first kappa shape index (κ1) is 13.1. The smallest absolute Gasteiger partial charge is 0.126 e. The molecule has 0 bridgehead atoms. The highest BCUT2D eigenvalue weighted by molar-refractivity contribution is 7.05. The Hall–Kier alpha value is -1.33. The Morgan fingerprint density at radius 3 is 2.89 bits per heavy atom. The van der Waals surface area contributed by atoms with E-state index in [0.717, 1.165) is 23.4 Å². The van der Waals surface area contributed by atoms with Crippen LogP contribution in [-0.2, 0) is 0 Å². The normalized spacial score (nSPS) is 12.6. The number of benzene rings is 1. The lowest BCUT2D eigenvalue weighted by Gasteiger charge is -2.17. The fourth-order valence-corrected chi connectivity index (χ4v) is 2.37. The van der Waals surface area contributed by atoms with Crippen molar-refractivity contribution in [1.82, 2.24) is 14.9 Å². The highest BCUT2D eigenvalue weighted by Crippen LogP contribution is 2.25. The van der Waals surface area contributed by atoms with Gasteiger partial charge in [-0.25, -0.2) is 4.39 Å². The molecule has 0 radical (unpaired) electrons. The summed E-state index contributed by atoms with van der Waals surface area (Å²) in [5.74, 6) is -0.173. The quantitative estimate of drug-likeness (QED) is 0.902. The Bertz CT molecular complexity index is 499. The molecule has 0 fully saturated rings. The van der Waals surface area contributed by atoms with E-state index in [1.165, 1.54) is 11.5 Å². The molecule has 0 saturated carbocycles. The molecule has 5 heteroatoms. The van der Waals surface area contributed by atoms with Crippen molar-refractivity contribution in [3.8, 4) is 0 Å². The zero-order valence-electron chi connectivity index (χ0n) is 10.5. The average Bonchev–Trinajstić information content (AvgIpc) is 2.88. The summed E-state index contributed by atoms with van der Waals surface area (Å²) >= 11 is 1.34. The van der Waals surface area contributed by atoms with Gasteiger partial charge in [0.25, 0.3) is 0 Å². The molecule has 18 heavy (non-hydrogen) atoms. The second kappa shape index (κ2) is 6.02. The molecule has 0 aliphatic carbocycles. The molecule has 1 atom stereocenters. The maximum absolute atomic E-state index is 13.6. The summed E-state index contributed by atoms with van der Waals surface area (Å²) in [5, 5.41) is 7.25. The van der Waals surface area contributed by atoms with Crippen LogP contribution in [0.3, 0.4) is 0 Å². The summed E-state index contributed by atoms with van der Waals surface area (Å²) in [6.45, 7) is 4.74. The van der Waals surface area contributed by atoms with Gasteiger partial charge in [-0.2, -0.15) is 0 Å². The number of rotatable bonds is 5. The number of hydrogen-bond donors (Lipinski definition) is 1. The maximum atomic E-state index is 13.6. The SMILES string of the molecule is CCCNC(c1ccc(C)c(F)c1)c1cnns1. The summed E-state index contributed by atoms with van der Waals surface area (Å²) in [4.78, 5) is 1.01. The molecule has 2 rings (SSSR count). The predicted octanol–water partition coefficient (Wildman–Crippen LogP) is 3.07. The lowest BCUT2D eigenvalue weighted by atomic mass is 10.0. The summed E-state index contributed by atoms with van der Waals surface area (Å²) < 4.78 is 17.5. The van der Waals surface area contributed by atoms with Crippen LogP contribution in [0.25, 0.3) is 0 Å². The fraction of sp³-hybridized carbons (Fsp3) is 0.385. The van der Waals surface area contributed by atoms with E-state index >= 15 is 0 Å². The minimum absolute atomic E-state index is 0.0277. The monoisotopic (exact) mass is 265 g/mol. The molecule has 3 nitrogen and oxygen atoms in total. The third kappa shape index (κ3) is 2.91. The number of hydrogen-bond acceptors (Lipinski definition) is 4. The van der Waals surface area contributed by atoms with Gasteiger partial charge in [0.05, 0.1) is 17.1 Å². The lowest BCUT2D eigenvalue weighted by Crippen LogP contribution is -2.22. The third-order valence-electron chi connectivity index (χ3n) is 2.79. The highest BCUT2D eigenvalue weighted by atomic mass is 32.1. The molecular formula is C13H16FN3S. The number of nitrogens with zero attached hydrogens (tertiary/aromatic N) is 2. The van der Waals surface area contributed by atoms with E-state index in [1.807, 2.05) is 6.07 Å². The van der Waals surface area contributed by atoms with Gasteiger partial charge >= 0.3 is 0 Å². The van der Waals surface area contributed by atoms with Crippen LogP contribution in [0, 0.1) is 12.7 Å². The van der Waals surface area contributed by atoms with Crippen LogP contribution in [0.1, 0.15) is 35.4 Å². The van der Waals surface area contributed by atoms with Crippen molar-refractivity contribution in [3.63, 3.8) is 0 Å². The van der Waals surface area contributed by atoms with Crippen molar-refractivity contribution < 1.29 is 4.39 Å². The molecule has 1 heterocycles. The van der Waals surface area contributed by atoms with Crippen LogP contribution in [-0.4, -0.2) is 16.1 Å². The van der Waals surface area contributed by atoms with Crippen LogP contribution < -0.4 is 5.32 Å². The second-order valence-corrected chi connectivity index (χ2v) is 5.03. The Kier molecular flexibility index (Phi) is 4.38. The lowest BCUT2D eigenvalue weighted by molar-refractivity contribution is 0.587. The number of aryl methyl sites for hydroxylation is 1. The molecule has 0 spiro atoms. The Morgan fingerprint density at radius 2 is 2.28 bits per heavy atom. The molecular weight excluding hydrogens is 249 g/mol. The second-order valence-electron chi connectivity index (χ2n) is 4.22. The van der Waals surface area contributed by atoms with Crippen molar-refractivity contribution in [2.45, 2.75) is 26.3 Å². The molecule has 1 N–H and O–H groups in total. The highest BCUT2D eigenvalue weighted by Gasteiger charge is 2.16. The predicted molar refractivity (Wildman–Crippen MR) is 71.2 cm³/mol. The summed E-state index contributed by atoms with van der Waals surface area (Å²) in [7, 11) is 0. The van der Waals surface area contributed by atoms with Crippen LogP contribution in [0.5, 0.6) is 0 Å². The summed E-state index contributed by atoms with van der Waals surface area (Å²) in [5.41, 5.74) is 1.58. The molecule has 1 unspecified atom stereocenters. The van der Waals surface area contributed by atoms with E-state index in [1.54, 1.807) is 25.3 Å². The summed E-state index contributed by atoms with van der Waals surface area (Å²) in [6, 6.07) is 5.31. The van der Waals surface area contributed by atoms with Gasteiger partial charge in [-0.05, 0) is 48.6 Å². The van der Waals surface area contributed by atoms with E-state index < -0.39 is 0 Å². The van der Waals surface area contributed by atoms with Crippen molar-refractivity contribution >= 4 is 11.5 Å². The zero-order chi connectivity index (χ0) is 13.0. The minimum atomic E-state index is -0.173. The standard InChI is InChI=1S/C13H16FN3S/c1-3-6-15-13(12-8-16-17-18-12)10-5-4-9(2)11(14)7-10/h4-5,7-8,13,15H,3,6H2,1-2H3. The van der Waals surface area contributed by atoms with Gasteiger partial charge in [0.15, 0.2) is 0 Å². The van der Waals surface area contributed by atoms with Gasteiger partial charge in [-0.1, -0.05) is 23.5 Å². The number of nitrogens with one attached hydrogen (secondary N) is 1. The molecule has 0 aliphatic heterocycles. The molecule has 1 aromatic carbocycles. The van der Waals surface area contributed by atoms with Gasteiger partial charge in [0, 0.05) is 0 Å². The van der Waals surface area contributed by atoms with E-state index in [-0.39, 0.29) is 11.9 Å². The molecule has 0 aliphatic rings. The molecule has 0 saturated heterocycles. The van der Waals surface area contributed by atoms with Crippen LogP contribution >= 0.6 is 11.5 Å². The van der Waals surface area contributed by atoms with Gasteiger partial charge in [0.1, 0.15) is 5.82 Å². The van der Waals surface area contributed by atoms with Crippen LogP contribution in [0.2, 0.25) is 0 Å². The van der Waals surface area contributed by atoms with Crippen molar-refractivity contribution in [2.24, 2.45) is 0 Å². The topological polar surface area (TPSA) is 37.8 Å². The number of halogens is 1. The third-order valence-corrected chi connectivity index (χ3v) is 3.52. The Morgan fingerprint density at radius 1 is 1.44 bits per heavy atom. The van der Waals surface area contributed by atoms with Gasteiger partial charge < -0.3 is 5.32 Å². The van der Waals surface area contributed by atoms with E-state index in [4.69, 9.17) is 0 Å². The first-order chi connectivity index (χ1) is 8.72. The van der Waals surface area contributed by atoms with E-state index in [9.17, 15) is 4.39 Å². The largest absolute Gasteiger partial charge is 0.305 e. The maximum Gasteiger partial charge on any atom is 0.126 e. The van der Waals surface area contributed by atoms with Crippen molar-refractivity contribution in [3.05, 3.63) is 46.2 Å². The average molecular weight is 265 g/mol. The van der Waals surface area contributed by atoms with Gasteiger partial charge in [0.2, 0.25) is 0 Å². The van der Waals surface area contributed by atoms with Gasteiger partial charge in [-0.3, -0.25) is 0 Å². The molecule has 2 aromatic rings. The zero-order valence-corrected chi connectivity index (χ0v) is 11.3. The Balaban J connectivity index is 2.30. The summed E-state index contributed by atoms with van der Waals surface area (Å²) in [6.07, 6.45) is 2.76. The van der Waals surface area contributed by atoms with E-state index in [0.29, 0.717) is 5.56 Å². The minimum Gasteiger partial charge on any atom is -0.305 e. The van der Waals surface area contributed by atoms with Crippen LogP contribution in [0.15, 0.2) is 24.4 Å². The molecule has 1 aromatic heterocycles. The van der Waals surface area contributed by atoms with Crippen molar-refractivity contribution in [2.75, 3.05) is 6.54 Å². The van der Waals surface area contributed by atoms with Crippen LogP contribution in [0.4, 0.5) is 4.39 Å². The van der Waals surface area contributed by atoms with E-state index in [2.05, 4.69) is 21.8 Å². The fourth-order valence-electron chi connectivity index (χ4n) is 1.76. The molecule has 0 amide bonds. The Labute approximate surface area is 110 Å². The van der Waals surface area contributed by atoms with Gasteiger partial charge in [-0.15, -0.1) is 5.10 Å². The first-order valence-corrected chi connectivity index (χ1v) is 6.76. The first-order valence-electron chi connectivity index (χ1n) is 5.99.